The van der Waals surface area contributed by atoms with Gasteiger partial charge in [0.2, 0.25) is 0 Å². The third-order valence-electron chi connectivity index (χ3n) is 3.48. The predicted octanol–water partition coefficient (Wildman–Crippen LogP) is 2.85. The zero-order valence-corrected chi connectivity index (χ0v) is 13.5. The molecule has 5 nitrogen and oxygen atoms in total. The lowest BCUT2D eigenvalue weighted by Crippen LogP contribution is -2.31. The lowest BCUT2D eigenvalue weighted by molar-refractivity contribution is 0.518. The summed E-state index contributed by atoms with van der Waals surface area (Å²) in [6.45, 7) is 4.66. The molecule has 0 saturated carbocycles. The first-order chi connectivity index (χ1) is 9.97. The number of nitrogen functional groups attached to an aromatic ring is 1. The molecule has 0 aliphatic rings. The van der Waals surface area contributed by atoms with E-state index in [-0.39, 0.29) is 6.04 Å². The minimum absolute atomic E-state index is 0.166. The fourth-order valence-corrected chi connectivity index (χ4v) is 2.77. The molecule has 0 fully saturated rings. The molecule has 1 unspecified atom stereocenters. The van der Waals surface area contributed by atoms with Gasteiger partial charge in [0.1, 0.15) is 0 Å². The normalized spacial score (nSPS) is 12.6. The molecule has 21 heavy (non-hydrogen) atoms. The molecular weight excluding hydrogens is 309 g/mol. The van der Waals surface area contributed by atoms with Crippen molar-refractivity contribution in [1.29, 1.82) is 0 Å². The van der Waals surface area contributed by atoms with Crippen LogP contribution in [0.4, 0.5) is 5.69 Å². The molecule has 0 aliphatic heterocycles. The second-order valence-electron chi connectivity index (χ2n) is 4.86. The molecule has 0 amide bonds. The first-order valence-electron chi connectivity index (χ1n) is 6.70. The molecule has 114 valence electrons. The monoisotopic (exact) mass is 327 g/mol. The number of aromatic nitrogens is 2. The van der Waals surface area contributed by atoms with Gasteiger partial charge in [-0.2, -0.15) is 5.10 Å². The topological polar surface area (TPSA) is 81.9 Å². The molecule has 1 heterocycles. The van der Waals surface area contributed by atoms with Gasteiger partial charge in [-0.25, -0.2) is 0 Å². The molecule has 0 radical (unpaired) electrons. The maximum Gasteiger partial charge on any atom is 0.0847 e. The van der Waals surface area contributed by atoms with Crippen LogP contribution in [0.5, 0.6) is 0 Å². The fourth-order valence-electron chi connectivity index (χ4n) is 2.38. The Labute approximate surface area is 134 Å². The zero-order valence-electron chi connectivity index (χ0n) is 12.0. The highest BCUT2D eigenvalue weighted by molar-refractivity contribution is 6.32. The zero-order chi connectivity index (χ0) is 15.6. The number of nitrogens with one attached hydrogen (secondary N) is 1. The van der Waals surface area contributed by atoms with E-state index in [9.17, 15) is 0 Å². The SMILES string of the molecule is CCn1nc(C)c(Cl)c1CC(NN)c1ccc(Cl)cc1N. The van der Waals surface area contributed by atoms with Crippen LogP contribution in [0.3, 0.4) is 0 Å². The second kappa shape index (κ2) is 6.66. The summed E-state index contributed by atoms with van der Waals surface area (Å²) in [5.41, 5.74) is 12.1. The largest absolute Gasteiger partial charge is 0.398 e. The highest BCUT2D eigenvalue weighted by Crippen LogP contribution is 2.29. The van der Waals surface area contributed by atoms with Gasteiger partial charge in [0.15, 0.2) is 0 Å². The number of rotatable bonds is 5. The molecule has 0 bridgehead atoms. The van der Waals surface area contributed by atoms with Crippen LogP contribution in [0.15, 0.2) is 18.2 Å². The highest BCUT2D eigenvalue weighted by Gasteiger charge is 2.20. The lowest BCUT2D eigenvalue weighted by Gasteiger charge is -2.19. The van der Waals surface area contributed by atoms with Gasteiger partial charge in [0, 0.05) is 23.7 Å². The molecule has 1 atom stereocenters. The standard InChI is InChI=1S/C14H19Cl2N5/c1-3-21-13(14(16)8(2)20-21)7-12(19-18)10-5-4-9(15)6-11(10)17/h4-6,12,19H,3,7,17-18H2,1-2H3. The summed E-state index contributed by atoms with van der Waals surface area (Å²) in [6.07, 6.45) is 0.593. The van der Waals surface area contributed by atoms with E-state index in [0.717, 1.165) is 23.5 Å². The number of aryl methyl sites for hydroxylation is 2. The average Bonchev–Trinajstić information content (AvgIpc) is 2.72. The van der Waals surface area contributed by atoms with Gasteiger partial charge in [-0.05, 0) is 31.5 Å². The number of benzene rings is 1. The Bertz CT molecular complexity index is 639. The fraction of sp³-hybridized carbons (Fsp3) is 0.357. The summed E-state index contributed by atoms with van der Waals surface area (Å²) in [6, 6.07) is 5.21. The average molecular weight is 328 g/mol. The van der Waals surface area contributed by atoms with Crippen molar-refractivity contribution in [3.8, 4) is 0 Å². The maximum absolute atomic E-state index is 6.34. The summed E-state index contributed by atoms with van der Waals surface area (Å²) in [5, 5.41) is 5.68. The third-order valence-corrected chi connectivity index (χ3v) is 4.20. The lowest BCUT2D eigenvalue weighted by atomic mass is 10.0. The van der Waals surface area contributed by atoms with E-state index in [4.69, 9.17) is 34.8 Å². The quantitative estimate of drug-likeness (QED) is 0.448. The van der Waals surface area contributed by atoms with E-state index in [1.807, 2.05) is 24.6 Å². The third kappa shape index (κ3) is 3.32. The van der Waals surface area contributed by atoms with Crippen molar-refractivity contribution in [3.05, 3.63) is 45.2 Å². The van der Waals surface area contributed by atoms with Gasteiger partial charge in [0.25, 0.3) is 0 Å². The van der Waals surface area contributed by atoms with Gasteiger partial charge in [-0.3, -0.25) is 16.0 Å². The molecule has 0 spiro atoms. The summed E-state index contributed by atoms with van der Waals surface area (Å²) in [5.74, 6) is 5.70. The minimum atomic E-state index is -0.166. The van der Waals surface area contributed by atoms with E-state index >= 15 is 0 Å². The summed E-state index contributed by atoms with van der Waals surface area (Å²) >= 11 is 12.3. The number of nitrogens with zero attached hydrogens (tertiary/aromatic N) is 2. The van der Waals surface area contributed by atoms with Crippen molar-refractivity contribution >= 4 is 28.9 Å². The smallest absolute Gasteiger partial charge is 0.0847 e. The molecule has 0 aliphatic carbocycles. The van der Waals surface area contributed by atoms with E-state index < -0.39 is 0 Å². The second-order valence-corrected chi connectivity index (χ2v) is 5.67. The van der Waals surface area contributed by atoms with E-state index in [1.165, 1.54) is 0 Å². The Morgan fingerprint density at radius 2 is 2.10 bits per heavy atom. The molecular formula is C14H19Cl2N5. The predicted molar refractivity (Wildman–Crippen MR) is 87.3 cm³/mol. The number of anilines is 1. The Hall–Kier alpha value is -1.27. The van der Waals surface area contributed by atoms with Crippen LogP contribution in [0.25, 0.3) is 0 Å². The van der Waals surface area contributed by atoms with Crippen molar-refractivity contribution < 1.29 is 0 Å². The maximum atomic E-state index is 6.34. The summed E-state index contributed by atoms with van der Waals surface area (Å²) in [4.78, 5) is 0. The first kappa shape index (κ1) is 16.1. The van der Waals surface area contributed by atoms with Crippen molar-refractivity contribution in [2.45, 2.75) is 32.9 Å². The van der Waals surface area contributed by atoms with Gasteiger partial charge in [-0.15, -0.1) is 0 Å². The molecule has 1 aromatic carbocycles. The number of nitrogens with two attached hydrogens (primary N) is 2. The van der Waals surface area contributed by atoms with E-state index in [1.54, 1.807) is 12.1 Å². The van der Waals surface area contributed by atoms with Gasteiger partial charge in [-0.1, -0.05) is 29.3 Å². The first-order valence-corrected chi connectivity index (χ1v) is 7.46. The van der Waals surface area contributed by atoms with Crippen LogP contribution in [-0.2, 0) is 13.0 Å². The molecule has 1 aromatic heterocycles. The van der Waals surface area contributed by atoms with Crippen LogP contribution >= 0.6 is 23.2 Å². The number of hydrogen-bond donors (Lipinski definition) is 3. The summed E-state index contributed by atoms with van der Waals surface area (Å²) < 4.78 is 1.88. The Morgan fingerprint density at radius 1 is 1.38 bits per heavy atom. The van der Waals surface area contributed by atoms with Crippen molar-refractivity contribution in [3.63, 3.8) is 0 Å². The molecule has 2 aromatic rings. The van der Waals surface area contributed by atoms with Gasteiger partial charge < -0.3 is 5.73 Å². The van der Waals surface area contributed by atoms with Crippen LogP contribution in [0, 0.1) is 6.92 Å². The van der Waals surface area contributed by atoms with Crippen molar-refractivity contribution in [2.24, 2.45) is 5.84 Å². The highest BCUT2D eigenvalue weighted by atomic mass is 35.5. The van der Waals surface area contributed by atoms with Crippen LogP contribution in [-0.4, -0.2) is 9.78 Å². The van der Waals surface area contributed by atoms with Crippen molar-refractivity contribution in [1.82, 2.24) is 15.2 Å². The van der Waals surface area contributed by atoms with E-state index in [2.05, 4.69) is 10.5 Å². The van der Waals surface area contributed by atoms with Crippen LogP contribution < -0.4 is 17.0 Å². The van der Waals surface area contributed by atoms with Gasteiger partial charge >= 0.3 is 0 Å². The molecule has 7 heteroatoms. The van der Waals surface area contributed by atoms with Crippen LogP contribution in [0.1, 0.15) is 29.9 Å². The van der Waals surface area contributed by atoms with E-state index in [0.29, 0.717) is 22.2 Å². The van der Waals surface area contributed by atoms with Crippen molar-refractivity contribution in [2.75, 3.05) is 5.73 Å². The number of hydrogen-bond acceptors (Lipinski definition) is 4. The Morgan fingerprint density at radius 3 is 2.67 bits per heavy atom. The minimum Gasteiger partial charge on any atom is -0.398 e. The Kier molecular flexibility index (Phi) is 5.11. The van der Waals surface area contributed by atoms with Crippen LogP contribution in [0.2, 0.25) is 10.0 Å². The number of halogens is 2. The molecule has 0 saturated heterocycles. The Balaban J connectivity index is 2.35. The summed E-state index contributed by atoms with van der Waals surface area (Å²) in [7, 11) is 0. The molecule has 5 N–H and O–H groups in total. The number of hydrazine groups is 1. The van der Waals surface area contributed by atoms with Gasteiger partial charge in [0.05, 0.1) is 22.5 Å². The molecule has 2 rings (SSSR count).